The molecule has 3 aromatic heterocycles. The number of fused-ring (bicyclic) bond motifs is 10. The van der Waals surface area contributed by atoms with E-state index < -0.39 is 0 Å². The molecule has 0 radical (unpaired) electrons. The van der Waals surface area contributed by atoms with Crippen LogP contribution in [0.3, 0.4) is 0 Å². The van der Waals surface area contributed by atoms with Crippen LogP contribution < -0.4 is 0 Å². The Morgan fingerprint density at radius 2 is 0.855 bits per heavy atom. The zero-order valence-electron chi connectivity index (χ0n) is 33.4. The summed E-state index contributed by atoms with van der Waals surface area (Å²) in [5.74, 6) is 1.89. The minimum Gasteiger partial charge on any atom is -0.309 e. The van der Waals surface area contributed by atoms with Crippen molar-refractivity contribution in [2.45, 2.75) is 0 Å². The standard InChI is InChI=1S/C57H35N5/c1-3-17-38(18-4-1)55-58-56(41-28-27-36-15-7-8-19-39(36)31-41)60-57(59-55)42-32-40-20-10-11-23-44(40)51(33-42)62-49-26-14-13-25-46(49)47-34-48-53(35-52(47)62)61(43-21-5-2-6-22-43)50-30-29-37-16-9-12-24-45(37)54(48)50/h1-35H. The monoisotopic (exact) mass is 789 g/mol. The Hall–Kier alpha value is -8.41. The molecule has 0 spiro atoms. The highest BCUT2D eigenvalue weighted by Crippen LogP contribution is 2.43. The van der Waals surface area contributed by atoms with E-state index in [-0.39, 0.29) is 0 Å². The van der Waals surface area contributed by atoms with Gasteiger partial charge >= 0.3 is 0 Å². The van der Waals surface area contributed by atoms with E-state index in [4.69, 9.17) is 15.0 Å². The molecule has 288 valence electrons. The van der Waals surface area contributed by atoms with E-state index in [1.807, 2.05) is 18.2 Å². The Balaban J connectivity index is 1.11. The molecule has 0 unspecified atom stereocenters. The van der Waals surface area contributed by atoms with Crippen LogP contribution in [-0.2, 0) is 0 Å². The third-order valence-electron chi connectivity index (χ3n) is 12.5. The van der Waals surface area contributed by atoms with Gasteiger partial charge in [0.1, 0.15) is 0 Å². The van der Waals surface area contributed by atoms with Gasteiger partial charge in [-0.05, 0) is 81.5 Å². The number of aromatic nitrogens is 5. The van der Waals surface area contributed by atoms with E-state index in [0.29, 0.717) is 17.5 Å². The Morgan fingerprint density at radius 1 is 0.274 bits per heavy atom. The van der Waals surface area contributed by atoms with Crippen molar-refractivity contribution in [2.24, 2.45) is 0 Å². The van der Waals surface area contributed by atoms with Crippen LogP contribution in [0.5, 0.6) is 0 Å². The predicted molar refractivity (Wildman–Crippen MR) is 257 cm³/mol. The maximum absolute atomic E-state index is 5.26. The quantitative estimate of drug-likeness (QED) is 0.174. The fraction of sp³-hybridized carbons (Fsp3) is 0. The highest BCUT2D eigenvalue weighted by Gasteiger charge is 2.22. The second kappa shape index (κ2) is 13.6. The summed E-state index contributed by atoms with van der Waals surface area (Å²) in [4.78, 5) is 15.6. The SMILES string of the molecule is c1ccc(-c2nc(-c3ccc4ccccc4c3)nc(-c3cc(-n4c5ccccc5c5cc6c7c8ccccc8ccc7n(-c7ccccc7)c6cc54)c4ccccc4c3)n2)cc1. The van der Waals surface area contributed by atoms with Crippen LogP contribution in [0.15, 0.2) is 212 Å². The van der Waals surface area contributed by atoms with Gasteiger partial charge in [0, 0.05) is 49.3 Å². The van der Waals surface area contributed by atoms with Crippen LogP contribution in [0.25, 0.3) is 121 Å². The van der Waals surface area contributed by atoms with Crippen molar-refractivity contribution in [2.75, 3.05) is 0 Å². The molecule has 13 rings (SSSR count). The second-order valence-corrected chi connectivity index (χ2v) is 16.0. The fourth-order valence-electron chi connectivity index (χ4n) is 9.65. The molecule has 0 aliphatic carbocycles. The fourth-order valence-corrected chi connectivity index (χ4v) is 9.65. The van der Waals surface area contributed by atoms with Crippen molar-refractivity contribution in [1.29, 1.82) is 0 Å². The van der Waals surface area contributed by atoms with Crippen LogP contribution in [-0.4, -0.2) is 24.1 Å². The zero-order valence-corrected chi connectivity index (χ0v) is 33.4. The molecule has 0 saturated carbocycles. The summed E-state index contributed by atoms with van der Waals surface area (Å²) < 4.78 is 4.88. The van der Waals surface area contributed by atoms with Crippen molar-refractivity contribution >= 4 is 75.9 Å². The molecule has 0 bridgehead atoms. The number of hydrogen-bond acceptors (Lipinski definition) is 3. The smallest absolute Gasteiger partial charge is 0.164 e. The summed E-state index contributed by atoms with van der Waals surface area (Å²) in [5, 5.41) is 11.9. The molecule has 0 saturated heterocycles. The average molecular weight is 790 g/mol. The number of hydrogen-bond donors (Lipinski definition) is 0. The molecular formula is C57H35N5. The summed E-state index contributed by atoms with van der Waals surface area (Å²) in [7, 11) is 0. The highest BCUT2D eigenvalue weighted by molar-refractivity contribution is 6.25. The molecular weight excluding hydrogens is 755 g/mol. The number of nitrogens with zero attached hydrogens (tertiary/aromatic N) is 5. The van der Waals surface area contributed by atoms with E-state index in [1.165, 1.54) is 43.2 Å². The molecule has 0 atom stereocenters. The van der Waals surface area contributed by atoms with E-state index in [1.54, 1.807) is 0 Å². The van der Waals surface area contributed by atoms with Gasteiger partial charge in [-0.15, -0.1) is 0 Å². The van der Waals surface area contributed by atoms with Gasteiger partial charge in [0.25, 0.3) is 0 Å². The molecule has 0 fully saturated rings. The van der Waals surface area contributed by atoms with Gasteiger partial charge in [0.2, 0.25) is 0 Å². The molecule has 10 aromatic carbocycles. The summed E-state index contributed by atoms with van der Waals surface area (Å²) in [6, 6.07) is 75.8. The van der Waals surface area contributed by atoms with E-state index in [0.717, 1.165) is 60.8 Å². The normalized spacial score (nSPS) is 11.9. The zero-order chi connectivity index (χ0) is 40.7. The number of para-hydroxylation sites is 2. The lowest BCUT2D eigenvalue weighted by Gasteiger charge is -2.15. The maximum Gasteiger partial charge on any atom is 0.164 e. The van der Waals surface area contributed by atoms with E-state index >= 15 is 0 Å². The lowest BCUT2D eigenvalue weighted by molar-refractivity contribution is 1.07. The van der Waals surface area contributed by atoms with Crippen molar-refractivity contribution in [3.8, 4) is 45.5 Å². The van der Waals surface area contributed by atoms with Gasteiger partial charge in [0.15, 0.2) is 17.5 Å². The lowest BCUT2D eigenvalue weighted by atomic mass is 10.0. The van der Waals surface area contributed by atoms with Crippen molar-refractivity contribution in [1.82, 2.24) is 24.1 Å². The summed E-state index contributed by atoms with van der Waals surface area (Å²) in [6.45, 7) is 0. The second-order valence-electron chi connectivity index (χ2n) is 16.0. The van der Waals surface area contributed by atoms with Crippen LogP contribution in [0.2, 0.25) is 0 Å². The van der Waals surface area contributed by atoms with Crippen molar-refractivity contribution < 1.29 is 0 Å². The van der Waals surface area contributed by atoms with Crippen LogP contribution >= 0.6 is 0 Å². The number of benzene rings is 10. The largest absolute Gasteiger partial charge is 0.309 e. The Kier molecular flexibility index (Phi) is 7.54. The predicted octanol–water partition coefficient (Wildman–Crippen LogP) is 14.5. The van der Waals surface area contributed by atoms with Crippen LogP contribution in [0.4, 0.5) is 0 Å². The summed E-state index contributed by atoms with van der Waals surface area (Å²) >= 11 is 0. The molecule has 5 heteroatoms. The Morgan fingerprint density at radius 3 is 1.66 bits per heavy atom. The average Bonchev–Trinajstić information content (AvgIpc) is 3.85. The molecule has 0 aliphatic heterocycles. The summed E-state index contributed by atoms with van der Waals surface area (Å²) in [5.41, 5.74) is 9.59. The number of rotatable bonds is 5. The van der Waals surface area contributed by atoms with Gasteiger partial charge in [0.05, 0.1) is 27.8 Å². The molecule has 0 amide bonds. The van der Waals surface area contributed by atoms with Crippen molar-refractivity contribution in [3.63, 3.8) is 0 Å². The van der Waals surface area contributed by atoms with Gasteiger partial charge in [-0.1, -0.05) is 158 Å². The molecule has 0 N–H and O–H groups in total. The third kappa shape index (κ3) is 5.32. The van der Waals surface area contributed by atoms with Gasteiger partial charge in [-0.3, -0.25) is 0 Å². The molecule has 13 aromatic rings. The van der Waals surface area contributed by atoms with Crippen LogP contribution in [0.1, 0.15) is 0 Å². The first-order valence-corrected chi connectivity index (χ1v) is 21.0. The topological polar surface area (TPSA) is 48.5 Å². The maximum atomic E-state index is 5.26. The van der Waals surface area contributed by atoms with Gasteiger partial charge in [-0.2, -0.15) is 0 Å². The molecule has 3 heterocycles. The minimum atomic E-state index is 0.619. The molecule has 62 heavy (non-hydrogen) atoms. The Labute approximate surface area is 356 Å². The molecule has 5 nitrogen and oxygen atoms in total. The van der Waals surface area contributed by atoms with E-state index in [2.05, 4.69) is 203 Å². The van der Waals surface area contributed by atoms with Gasteiger partial charge < -0.3 is 9.13 Å². The first-order valence-electron chi connectivity index (χ1n) is 21.0. The Bertz CT molecular complexity index is 3920. The molecule has 0 aliphatic rings. The minimum absolute atomic E-state index is 0.619. The van der Waals surface area contributed by atoms with E-state index in [9.17, 15) is 0 Å². The lowest BCUT2D eigenvalue weighted by Crippen LogP contribution is -2.02. The summed E-state index contributed by atoms with van der Waals surface area (Å²) in [6.07, 6.45) is 0. The van der Waals surface area contributed by atoms with Gasteiger partial charge in [-0.25, -0.2) is 15.0 Å². The third-order valence-corrected chi connectivity index (χ3v) is 12.5. The highest BCUT2D eigenvalue weighted by atomic mass is 15.0. The van der Waals surface area contributed by atoms with Crippen LogP contribution in [0, 0.1) is 0 Å². The first-order chi connectivity index (χ1) is 30.7. The first kappa shape index (κ1) is 34.5. The van der Waals surface area contributed by atoms with Crippen molar-refractivity contribution in [3.05, 3.63) is 212 Å².